The van der Waals surface area contributed by atoms with Crippen molar-refractivity contribution in [3.63, 3.8) is 0 Å². The zero-order chi connectivity index (χ0) is 12.4. The summed E-state index contributed by atoms with van der Waals surface area (Å²) in [6, 6.07) is 4.33. The van der Waals surface area contributed by atoms with E-state index in [0.29, 0.717) is 28.1 Å². The molecule has 1 aromatic heterocycles. The van der Waals surface area contributed by atoms with Gasteiger partial charge in [-0.05, 0) is 18.2 Å². The largest absolute Gasteiger partial charge is 0.368 e. The summed E-state index contributed by atoms with van der Waals surface area (Å²) in [6.07, 6.45) is 0.645. The Morgan fingerprint density at radius 3 is 2.76 bits per heavy atom. The molecule has 0 atom stereocenters. The van der Waals surface area contributed by atoms with Gasteiger partial charge in [-0.25, -0.2) is 9.37 Å². The molecule has 0 unspecified atom stereocenters. The van der Waals surface area contributed by atoms with Crippen LogP contribution in [0.5, 0.6) is 0 Å². The Morgan fingerprint density at radius 1 is 1.29 bits per heavy atom. The minimum atomic E-state index is -0.347. The van der Waals surface area contributed by atoms with Crippen LogP contribution in [0, 0.1) is 5.82 Å². The summed E-state index contributed by atoms with van der Waals surface area (Å²) in [5.41, 5.74) is 6.15. The number of hydrogen-bond donors (Lipinski definition) is 1. The zero-order valence-corrected chi connectivity index (χ0v) is 10.7. The summed E-state index contributed by atoms with van der Waals surface area (Å²) in [5.74, 6) is 0.757. The molecule has 0 aliphatic carbocycles. The molecule has 0 bridgehead atoms. The van der Waals surface area contributed by atoms with E-state index >= 15 is 0 Å². The van der Waals surface area contributed by atoms with Crippen LogP contribution < -0.4 is 5.73 Å². The van der Waals surface area contributed by atoms with Crippen LogP contribution in [0.25, 0.3) is 11.4 Å². The highest BCUT2D eigenvalue weighted by atomic mass is 79.9. The van der Waals surface area contributed by atoms with Gasteiger partial charge in [0, 0.05) is 16.5 Å². The lowest BCUT2D eigenvalue weighted by Crippen LogP contribution is -2.04. The first kappa shape index (κ1) is 11.9. The molecule has 0 spiro atoms. The Labute approximate surface area is 106 Å². The summed E-state index contributed by atoms with van der Waals surface area (Å²) < 4.78 is 13.9. The second-order valence-corrected chi connectivity index (χ2v) is 4.27. The maximum absolute atomic E-state index is 13.2. The predicted molar refractivity (Wildman–Crippen MR) is 66.7 cm³/mol. The van der Waals surface area contributed by atoms with Crippen molar-refractivity contribution >= 4 is 21.9 Å². The fourth-order valence-electron chi connectivity index (χ4n) is 1.39. The quantitative estimate of drug-likeness (QED) is 0.925. The number of hydrogen-bond acceptors (Lipinski definition) is 4. The van der Waals surface area contributed by atoms with Gasteiger partial charge < -0.3 is 5.73 Å². The average molecular weight is 297 g/mol. The summed E-state index contributed by atoms with van der Waals surface area (Å²) in [5, 5.41) is 0. The molecule has 0 amide bonds. The first-order valence-corrected chi connectivity index (χ1v) is 5.85. The van der Waals surface area contributed by atoms with Crippen LogP contribution in [-0.4, -0.2) is 15.0 Å². The number of benzene rings is 1. The molecular formula is C11H10BrFN4. The molecule has 0 aliphatic heterocycles. The first-order valence-electron chi connectivity index (χ1n) is 5.06. The van der Waals surface area contributed by atoms with E-state index in [1.165, 1.54) is 12.1 Å². The van der Waals surface area contributed by atoms with E-state index in [0.717, 1.165) is 0 Å². The molecule has 0 aliphatic rings. The van der Waals surface area contributed by atoms with Crippen LogP contribution in [0.2, 0.25) is 0 Å². The Morgan fingerprint density at radius 2 is 2.06 bits per heavy atom. The van der Waals surface area contributed by atoms with Crippen molar-refractivity contribution in [2.75, 3.05) is 5.73 Å². The van der Waals surface area contributed by atoms with Gasteiger partial charge in [-0.15, -0.1) is 0 Å². The molecular weight excluding hydrogens is 287 g/mol. The van der Waals surface area contributed by atoms with Crippen molar-refractivity contribution in [2.45, 2.75) is 13.3 Å². The number of nitrogens with two attached hydrogens (primary N) is 1. The lowest BCUT2D eigenvalue weighted by atomic mass is 10.2. The number of aryl methyl sites for hydroxylation is 1. The average Bonchev–Trinajstić information content (AvgIpc) is 2.31. The topological polar surface area (TPSA) is 64.7 Å². The van der Waals surface area contributed by atoms with Crippen LogP contribution in [0.15, 0.2) is 22.7 Å². The van der Waals surface area contributed by atoms with Crippen molar-refractivity contribution in [2.24, 2.45) is 0 Å². The molecule has 0 fully saturated rings. The highest BCUT2D eigenvalue weighted by Gasteiger charge is 2.10. The molecule has 0 saturated heterocycles. The number of nitrogen functional groups attached to an aromatic ring is 1. The SMILES string of the molecule is CCc1nc(N)nc(-c2cc(F)ccc2Br)n1. The first-order chi connectivity index (χ1) is 8.10. The van der Waals surface area contributed by atoms with Crippen molar-refractivity contribution in [3.05, 3.63) is 34.3 Å². The molecule has 17 heavy (non-hydrogen) atoms. The Hall–Kier alpha value is -1.56. The van der Waals surface area contributed by atoms with Gasteiger partial charge >= 0.3 is 0 Å². The number of rotatable bonds is 2. The highest BCUT2D eigenvalue weighted by Crippen LogP contribution is 2.26. The van der Waals surface area contributed by atoms with Crippen LogP contribution in [0.1, 0.15) is 12.7 Å². The normalized spacial score (nSPS) is 10.5. The van der Waals surface area contributed by atoms with E-state index < -0.39 is 0 Å². The van der Waals surface area contributed by atoms with Gasteiger partial charge in [0.05, 0.1) is 0 Å². The summed E-state index contributed by atoms with van der Waals surface area (Å²) in [4.78, 5) is 12.2. The van der Waals surface area contributed by atoms with E-state index in [9.17, 15) is 4.39 Å². The number of halogens is 2. The van der Waals surface area contributed by atoms with Crippen molar-refractivity contribution in [1.82, 2.24) is 15.0 Å². The maximum atomic E-state index is 13.2. The van der Waals surface area contributed by atoms with Gasteiger partial charge in [-0.3, -0.25) is 0 Å². The second kappa shape index (κ2) is 4.75. The van der Waals surface area contributed by atoms with Gasteiger partial charge in [0.2, 0.25) is 5.95 Å². The van der Waals surface area contributed by atoms with Gasteiger partial charge in [0.1, 0.15) is 11.6 Å². The number of nitrogens with zero attached hydrogens (tertiary/aromatic N) is 3. The van der Waals surface area contributed by atoms with Crippen LogP contribution in [-0.2, 0) is 6.42 Å². The monoisotopic (exact) mass is 296 g/mol. The van der Waals surface area contributed by atoms with Gasteiger partial charge in [0.25, 0.3) is 0 Å². The molecule has 0 saturated carbocycles. The minimum absolute atomic E-state index is 0.142. The third-order valence-corrected chi connectivity index (χ3v) is 2.88. The van der Waals surface area contributed by atoms with Crippen LogP contribution >= 0.6 is 15.9 Å². The molecule has 4 nitrogen and oxygen atoms in total. The Bertz CT molecular complexity index is 559. The third-order valence-electron chi connectivity index (χ3n) is 2.18. The number of anilines is 1. The molecule has 2 rings (SSSR count). The van der Waals surface area contributed by atoms with E-state index in [1.54, 1.807) is 6.07 Å². The molecule has 1 aromatic carbocycles. The van der Waals surface area contributed by atoms with E-state index in [1.807, 2.05) is 6.92 Å². The van der Waals surface area contributed by atoms with Crippen LogP contribution in [0.3, 0.4) is 0 Å². The summed E-state index contributed by atoms with van der Waals surface area (Å²) >= 11 is 3.33. The molecule has 2 N–H and O–H groups in total. The number of aromatic nitrogens is 3. The molecule has 0 radical (unpaired) electrons. The van der Waals surface area contributed by atoms with Crippen molar-refractivity contribution < 1.29 is 4.39 Å². The fraction of sp³-hybridized carbons (Fsp3) is 0.182. The van der Waals surface area contributed by atoms with Crippen LogP contribution in [0.4, 0.5) is 10.3 Å². The lowest BCUT2D eigenvalue weighted by molar-refractivity contribution is 0.628. The Kier molecular flexibility index (Phi) is 3.33. The second-order valence-electron chi connectivity index (χ2n) is 3.41. The predicted octanol–water partition coefficient (Wildman–Crippen LogP) is 2.58. The standard InChI is InChI=1S/C11H10BrFN4/c1-2-9-15-10(17-11(14)16-9)7-5-6(13)3-4-8(7)12/h3-5H,2H2,1H3,(H2,14,15,16,17). The lowest BCUT2D eigenvalue weighted by Gasteiger charge is -2.05. The smallest absolute Gasteiger partial charge is 0.223 e. The van der Waals surface area contributed by atoms with Gasteiger partial charge in [-0.2, -0.15) is 9.97 Å². The fourth-order valence-corrected chi connectivity index (χ4v) is 1.81. The molecule has 6 heteroatoms. The maximum Gasteiger partial charge on any atom is 0.223 e. The van der Waals surface area contributed by atoms with E-state index in [-0.39, 0.29) is 11.8 Å². The highest BCUT2D eigenvalue weighted by molar-refractivity contribution is 9.10. The van der Waals surface area contributed by atoms with E-state index in [4.69, 9.17) is 5.73 Å². The zero-order valence-electron chi connectivity index (χ0n) is 9.11. The Balaban J connectivity index is 2.59. The molecule has 88 valence electrons. The van der Waals surface area contributed by atoms with Gasteiger partial charge in [0.15, 0.2) is 5.82 Å². The summed E-state index contributed by atoms with van der Waals surface area (Å²) in [7, 11) is 0. The molecule has 2 aromatic rings. The summed E-state index contributed by atoms with van der Waals surface area (Å²) in [6.45, 7) is 1.92. The van der Waals surface area contributed by atoms with Gasteiger partial charge in [-0.1, -0.05) is 22.9 Å². The third kappa shape index (κ3) is 2.58. The minimum Gasteiger partial charge on any atom is -0.368 e. The van der Waals surface area contributed by atoms with Crippen molar-refractivity contribution in [1.29, 1.82) is 0 Å². The molecule has 1 heterocycles. The van der Waals surface area contributed by atoms with E-state index in [2.05, 4.69) is 30.9 Å². The van der Waals surface area contributed by atoms with Crippen molar-refractivity contribution in [3.8, 4) is 11.4 Å².